The molecule has 0 aliphatic heterocycles. The molecule has 0 fully saturated rings. The Hall–Kier alpha value is -3.37. The smallest absolute Gasteiger partial charge is 0.452 e. The first-order valence-electron chi connectivity index (χ1n) is 7.56. The zero-order valence-corrected chi connectivity index (χ0v) is 15.4. The molecule has 0 unspecified atom stereocenters. The number of ether oxygens (including phenoxy) is 3. The van der Waals surface area contributed by atoms with E-state index in [1.54, 1.807) is 20.8 Å². The standard InChI is InChI=1S/C16H19N3O8/c1-15(2,3)27-14(22)17-18-16(12(20)25-4,13(21)26-5)10-8-6-7-9-11(10)19(23)24/h6-9H,1-5H3/b18-17+. The number of hydrogen-bond donors (Lipinski definition) is 0. The molecule has 0 bridgehead atoms. The van der Waals surface area contributed by atoms with Crippen LogP contribution in [0.4, 0.5) is 10.5 Å². The van der Waals surface area contributed by atoms with E-state index >= 15 is 0 Å². The SMILES string of the molecule is COC(=O)C(/N=N/C(=O)OC(C)(C)C)(C(=O)OC)c1ccccc1[N+](=O)[O-]. The molecular weight excluding hydrogens is 362 g/mol. The van der Waals surface area contributed by atoms with Gasteiger partial charge in [-0.1, -0.05) is 17.2 Å². The van der Waals surface area contributed by atoms with Crippen LogP contribution in [0.2, 0.25) is 0 Å². The van der Waals surface area contributed by atoms with Crippen molar-refractivity contribution in [3.8, 4) is 0 Å². The van der Waals surface area contributed by atoms with Crippen molar-refractivity contribution in [1.29, 1.82) is 0 Å². The van der Waals surface area contributed by atoms with Gasteiger partial charge in [-0.15, -0.1) is 5.11 Å². The molecule has 1 rings (SSSR count). The zero-order valence-electron chi connectivity index (χ0n) is 15.4. The first-order valence-corrected chi connectivity index (χ1v) is 7.56. The molecule has 146 valence electrons. The summed E-state index contributed by atoms with van der Waals surface area (Å²) in [6.45, 7) is 4.70. The Kier molecular flexibility index (Phi) is 6.69. The Balaban J connectivity index is 3.68. The Morgan fingerprint density at radius 2 is 1.56 bits per heavy atom. The van der Waals surface area contributed by atoms with E-state index in [0.29, 0.717) is 0 Å². The summed E-state index contributed by atoms with van der Waals surface area (Å²) < 4.78 is 14.1. The molecule has 1 aromatic carbocycles. The van der Waals surface area contributed by atoms with Crippen molar-refractivity contribution in [3.63, 3.8) is 0 Å². The molecule has 0 atom stereocenters. The lowest BCUT2D eigenvalue weighted by Gasteiger charge is -2.23. The average Bonchev–Trinajstić information content (AvgIpc) is 2.60. The summed E-state index contributed by atoms with van der Waals surface area (Å²) in [5.41, 5.74) is -4.73. The van der Waals surface area contributed by atoms with Crippen LogP contribution in [-0.2, 0) is 29.3 Å². The minimum absolute atomic E-state index is 0.471. The Bertz CT molecular complexity index is 766. The van der Waals surface area contributed by atoms with Crippen LogP contribution >= 0.6 is 0 Å². The molecule has 0 saturated carbocycles. The number of nitro benzene ring substituents is 1. The monoisotopic (exact) mass is 381 g/mol. The number of amides is 1. The van der Waals surface area contributed by atoms with Gasteiger partial charge in [0.05, 0.1) is 24.7 Å². The number of nitro groups is 1. The lowest BCUT2D eigenvalue weighted by Crippen LogP contribution is -2.44. The van der Waals surface area contributed by atoms with Gasteiger partial charge in [0, 0.05) is 6.07 Å². The molecular formula is C16H19N3O8. The number of carbonyl (C=O) groups excluding carboxylic acids is 3. The molecule has 0 spiro atoms. The number of azo groups is 1. The highest BCUT2D eigenvalue weighted by Crippen LogP contribution is 2.36. The van der Waals surface area contributed by atoms with E-state index in [1.807, 2.05) is 0 Å². The van der Waals surface area contributed by atoms with Gasteiger partial charge in [-0.3, -0.25) is 10.1 Å². The van der Waals surface area contributed by atoms with E-state index in [1.165, 1.54) is 12.1 Å². The first kappa shape index (κ1) is 21.7. The van der Waals surface area contributed by atoms with Crippen LogP contribution < -0.4 is 0 Å². The van der Waals surface area contributed by atoms with Crippen molar-refractivity contribution >= 4 is 23.7 Å². The highest BCUT2D eigenvalue weighted by Gasteiger charge is 2.55. The van der Waals surface area contributed by atoms with Crippen molar-refractivity contribution in [2.75, 3.05) is 14.2 Å². The third-order valence-electron chi connectivity index (χ3n) is 3.13. The Morgan fingerprint density at radius 3 is 2.00 bits per heavy atom. The molecule has 0 saturated heterocycles. The molecule has 0 N–H and O–H groups in total. The van der Waals surface area contributed by atoms with Crippen molar-refractivity contribution in [2.24, 2.45) is 10.2 Å². The maximum absolute atomic E-state index is 12.5. The molecule has 11 heteroatoms. The van der Waals surface area contributed by atoms with E-state index in [-0.39, 0.29) is 0 Å². The number of hydrogen-bond acceptors (Lipinski definition) is 9. The fraction of sp³-hybridized carbons (Fsp3) is 0.438. The summed E-state index contributed by atoms with van der Waals surface area (Å²) in [7, 11) is 1.88. The van der Waals surface area contributed by atoms with E-state index in [4.69, 9.17) is 4.74 Å². The third kappa shape index (κ3) is 4.84. The molecule has 11 nitrogen and oxygen atoms in total. The predicted octanol–water partition coefficient (Wildman–Crippen LogP) is 2.52. The van der Waals surface area contributed by atoms with Crippen molar-refractivity contribution < 1.29 is 33.5 Å². The van der Waals surface area contributed by atoms with E-state index in [9.17, 15) is 24.5 Å². The Morgan fingerprint density at radius 1 is 1.04 bits per heavy atom. The second-order valence-corrected chi connectivity index (χ2v) is 6.15. The van der Waals surface area contributed by atoms with Gasteiger partial charge in [0.2, 0.25) is 0 Å². The van der Waals surface area contributed by atoms with Gasteiger partial charge in [0.1, 0.15) is 5.60 Å². The summed E-state index contributed by atoms with van der Waals surface area (Å²) in [4.78, 5) is 47.3. The number of esters is 2. The third-order valence-corrected chi connectivity index (χ3v) is 3.13. The molecule has 1 aromatic rings. The summed E-state index contributed by atoms with van der Waals surface area (Å²) in [6.07, 6.45) is -1.21. The second-order valence-electron chi connectivity index (χ2n) is 6.15. The Labute approximate surface area is 154 Å². The minimum Gasteiger partial charge on any atom is -0.466 e. The van der Waals surface area contributed by atoms with E-state index in [2.05, 4.69) is 19.7 Å². The fourth-order valence-electron chi connectivity index (χ4n) is 2.07. The van der Waals surface area contributed by atoms with Gasteiger partial charge in [0.15, 0.2) is 0 Å². The lowest BCUT2D eigenvalue weighted by molar-refractivity contribution is -0.386. The van der Waals surface area contributed by atoms with Crippen molar-refractivity contribution in [3.05, 3.63) is 39.9 Å². The topological polar surface area (TPSA) is 147 Å². The van der Waals surface area contributed by atoms with Crippen molar-refractivity contribution in [1.82, 2.24) is 0 Å². The quantitative estimate of drug-likeness (QED) is 0.189. The molecule has 0 aliphatic rings. The largest absolute Gasteiger partial charge is 0.466 e. The van der Waals surface area contributed by atoms with Crippen LogP contribution in [0.25, 0.3) is 0 Å². The summed E-state index contributed by atoms with van der Waals surface area (Å²) in [6, 6.07) is 4.83. The normalized spacial score (nSPS) is 11.7. The predicted molar refractivity (Wildman–Crippen MR) is 89.9 cm³/mol. The zero-order chi connectivity index (χ0) is 20.8. The summed E-state index contributed by atoms with van der Waals surface area (Å²) in [5, 5.41) is 18.1. The van der Waals surface area contributed by atoms with Crippen LogP contribution in [-0.4, -0.2) is 42.8 Å². The summed E-state index contributed by atoms with van der Waals surface area (Å²) in [5.74, 6) is -2.65. The summed E-state index contributed by atoms with van der Waals surface area (Å²) >= 11 is 0. The van der Waals surface area contributed by atoms with Crippen LogP contribution in [0, 0.1) is 10.1 Å². The maximum Gasteiger partial charge on any atom is 0.452 e. The van der Waals surface area contributed by atoms with Gasteiger partial charge in [-0.05, 0) is 26.8 Å². The van der Waals surface area contributed by atoms with Gasteiger partial charge < -0.3 is 14.2 Å². The van der Waals surface area contributed by atoms with Crippen molar-refractivity contribution in [2.45, 2.75) is 31.9 Å². The first-order chi connectivity index (χ1) is 12.5. The van der Waals surface area contributed by atoms with Crippen LogP contribution in [0.5, 0.6) is 0 Å². The minimum atomic E-state index is -2.72. The number of para-hydroxylation sites is 1. The molecule has 0 aliphatic carbocycles. The van der Waals surface area contributed by atoms with Gasteiger partial charge >= 0.3 is 23.6 Å². The highest BCUT2D eigenvalue weighted by atomic mass is 16.6. The molecule has 1 amide bonds. The number of benzene rings is 1. The molecule has 0 heterocycles. The van der Waals surface area contributed by atoms with Crippen LogP contribution in [0.3, 0.4) is 0 Å². The maximum atomic E-state index is 12.5. The number of rotatable bonds is 5. The fourth-order valence-corrected chi connectivity index (χ4v) is 2.07. The van der Waals surface area contributed by atoms with Crippen LogP contribution in [0.1, 0.15) is 26.3 Å². The molecule has 0 radical (unpaired) electrons. The number of carbonyl (C=O) groups is 3. The second kappa shape index (κ2) is 8.34. The highest BCUT2D eigenvalue weighted by molar-refractivity contribution is 6.07. The van der Waals surface area contributed by atoms with Crippen LogP contribution in [0.15, 0.2) is 34.5 Å². The number of nitrogens with zero attached hydrogens (tertiary/aromatic N) is 3. The average molecular weight is 381 g/mol. The molecule has 0 aromatic heterocycles. The lowest BCUT2D eigenvalue weighted by atomic mass is 9.89. The number of methoxy groups -OCH3 is 2. The van der Waals surface area contributed by atoms with E-state index < -0.39 is 45.3 Å². The van der Waals surface area contributed by atoms with Gasteiger partial charge in [-0.25, -0.2) is 14.4 Å². The van der Waals surface area contributed by atoms with Gasteiger partial charge in [-0.2, -0.15) is 0 Å². The molecule has 27 heavy (non-hydrogen) atoms. The van der Waals surface area contributed by atoms with E-state index in [0.717, 1.165) is 26.4 Å². The van der Waals surface area contributed by atoms with Gasteiger partial charge in [0.25, 0.3) is 5.69 Å².